The van der Waals surface area contributed by atoms with Crippen molar-refractivity contribution >= 4 is 40.0 Å². The lowest BCUT2D eigenvalue weighted by molar-refractivity contribution is -0.883. The minimum Gasteiger partial charge on any atom is -0.340 e. The summed E-state index contributed by atoms with van der Waals surface area (Å²) in [5.41, 5.74) is 2.21. The molecule has 3 rings (SSSR count). The highest BCUT2D eigenvalue weighted by Crippen LogP contribution is 2.18. The molecule has 0 unspecified atom stereocenters. The van der Waals surface area contributed by atoms with Gasteiger partial charge in [0.25, 0.3) is 0 Å². The Bertz CT molecular complexity index is 860. The number of anilines is 1. The predicted octanol–water partition coefficient (Wildman–Crippen LogP) is 2.08. The summed E-state index contributed by atoms with van der Waals surface area (Å²) < 4.78 is 0. The number of para-hydroxylation sites is 1. The molecule has 0 spiro atoms. The standard InChI is InChI=1S/C22H26N4O2S/c1-17(27)18-8-10-20(11-9-18)23-21(28)16-29-22(24-19-6-4-3-5-7-19)26-14-12-25(2)13-15-26/h3-11H,12-16H2,1-2H3,(H,23,28)/p+1. The molecular weight excluding hydrogens is 384 g/mol. The van der Waals surface area contributed by atoms with Gasteiger partial charge in [0.05, 0.1) is 44.7 Å². The van der Waals surface area contributed by atoms with Crippen molar-refractivity contribution in [1.82, 2.24) is 4.90 Å². The SMILES string of the molecule is CC(=O)c1ccc(NC(=O)CSC(=Nc2ccccc2)N2CC[NH+](C)CC2)cc1. The van der Waals surface area contributed by atoms with Crippen LogP contribution >= 0.6 is 11.8 Å². The van der Waals surface area contributed by atoms with Crippen LogP contribution < -0.4 is 10.2 Å². The largest absolute Gasteiger partial charge is 0.340 e. The van der Waals surface area contributed by atoms with Crippen molar-refractivity contribution in [3.8, 4) is 0 Å². The first-order chi connectivity index (χ1) is 14.0. The fraction of sp³-hybridized carbons (Fsp3) is 0.318. The number of benzene rings is 2. The Morgan fingerprint density at radius 1 is 1.07 bits per heavy atom. The molecule has 0 radical (unpaired) electrons. The lowest BCUT2D eigenvalue weighted by Gasteiger charge is -2.32. The quantitative estimate of drug-likeness (QED) is 0.449. The molecule has 0 saturated carbocycles. The van der Waals surface area contributed by atoms with Crippen LogP contribution in [-0.2, 0) is 4.79 Å². The zero-order valence-electron chi connectivity index (χ0n) is 16.9. The van der Waals surface area contributed by atoms with Gasteiger partial charge in [-0.15, -0.1) is 0 Å². The van der Waals surface area contributed by atoms with Gasteiger partial charge in [0.2, 0.25) is 5.91 Å². The molecule has 1 aliphatic rings. The molecule has 152 valence electrons. The van der Waals surface area contributed by atoms with E-state index in [4.69, 9.17) is 4.99 Å². The molecule has 6 nitrogen and oxygen atoms in total. The molecule has 1 aliphatic heterocycles. The average Bonchev–Trinajstić information content (AvgIpc) is 2.73. The number of nitrogens with one attached hydrogen (secondary N) is 2. The Kier molecular flexibility index (Phi) is 7.43. The number of quaternary nitrogens is 1. The molecule has 29 heavy (non-hydrogen) atoms. The number of nitrogens with zero attached hydrogens (tertiary/aromatic N) is 2. The van der Waals surface area contributed by atoms with Crippen LogP contribution in [0.3, 0.4) is 0 Å². The van der Waals surface area contributed by atoms with Gasteiger partial charge in [-0.1, -0.05) is 30.0 Å². The van der Waals surface area contributed by atoms with Crippen LogP contribution in [0.4, 0.5) is 11.4 Å². The first-order valence-corrected chi connectivity index (χ1v) is 10.7. The number of rotatable bonds is 5. The van der Waals surface area contributed by atoms with E-state index in [1.807, 2.05) is 30.3 Å². The third kappa shape index (κ3) is 6.44. The summed E-state index contributed by atoms with van der Waals surface area (Å²) in [6.45, 7) is 5.50. The monoisotopic (exact) mass is 411 g/mol. The molecule has 0 aromatic heterocycles. The van der Waals surface area contributed by atoms with Crippen molar-refractivity contribution < 1.29 is 14.5 Å². The maximum Gasteiger partial charge on any atom is 0.234 e. The fourth-order valence-electron chi connectivity index (χ4n) is 3.00. The molecule has 1 heterocycles. The zero-order valence-corrected chi connectivity index (χ0v) is 17.7. The highest BCUT2D eigenvalue weighted by molar-refractivity contribution is 8.14. The van der Waals surface area contributed by atoms with Crippen molar-refractivity contribution in [3.63, 3.8) is 0 Å². The summed E-state index contributed by atoms with van der Waals surface area (Å²) in [5, 5.41) is 3.77. The van der Waals surface area contributed by atoms with Crippen molar-refractivity contribution in [2.45, 2.75) is 6.92 Å². The number of thioether (sulfide) groups is 1. The molecule has 7 heteroatoms. The number of likely N-dealkylation sites (N-methyl/N-ethyl adjacent to an activating group) is 1. The normalized spacial score (nSPS) is 15.2. The first kappa shape index (κ1) is 21.1. The van der Waals surface area contributed by atoms with Crippen LogP contribution in [0.25, 0.3) is 0 Å². The molecule has 1 saturated heterocycles. The zero-order chi connectivity index (χ0) is 20.6. The summed E-state index contributed by atoms with van der Waals surface area (Å²) >= 11 is 1.46. The van der Waals surface area contributed by atoms with Gasteiger partial charge in [0.15, 0.2) is 11.0 Å². The van der Waals surface area contributed by atoms with Gasteiger partial charge in [-0.3, -0.25) is 9.59 Å². The third-order valence-corrected chi connectivity index (χ3v) is 5.79. The Balaban J connectivity index is 1.63. The molecule has 1 amide bonds. The van der Waals surface area contributed by atoms with E-state index in [1.165, 1.54) is 23.6 Å². The second kappa shape index (κ2) is 10.2. The van der Waals surface area contributed by atoms with Crippen molar-refractivity contribution in [3.05, 3.63) is 60.2 Å². The highest BCUT2D eigenvalue weighted by atomic mass is 32.2. The van der Waals surface area contributed by atoms with E-state index in [0.717, 1.165) is 37.0 Å². The number of ketones is 1. The number of hydrogen-bond donors (Lipinski definition) is 2. The van der Waals surface area contributed by atoms with E-state index >= 15 is 0 Å². The lowest BCUT2D eigenvalue weighted by Crippen LogP contribution is -3.12. The van der Waals surface area contributed by atoms with E-state index in [0.29, 0.717) is 11.3 Å². The Morgan fingerprint density at radius 3 is 2.34 bits per heavy atom. The van der Waals surface area contributed by atoms with E-state index < -0.39 is 0 Å². The van der Waals surface area contributed by atoms with Crippen LogP contribution in [0.1, 0.15) is 17.3 Å². The number of aliphatic imine (C=N–C) groups is 1. The highest BCUT2D eigenvalue weighted by Gasteiger charge is 2.21. The molecular formula is C22H27N4O2S+. The molecule has 2 N–H and O–H groups in total. The van der Waals surface area contributed by atoms with E-state index in [9.17, 15) is 9.59 Å². The molecule has 2 aromatic carbocycles. The molecule has 1 fully saturated rings. The molecule has 0 aliphatic carbocycles. The minimum absolute atomic E-state index is 0.00853. The van der Waals surface area contributed by atoms with Crippen molar-refractivity contribution in [2.75, 3.05) is 44.3 Å². The fourth-order valence-corrected chi connectivity index (χ4v) is 3.87. The number of carbonyl (C=O) groups is 2. The van der Waals surface area contributed by atoms with E-state index in [2.05, 4.69) is 17.3 Å². The van der Waals surface area contributed by atoms with Gasteiger partial charge >= 0.3 is 0 Å². The van der Waals surface area contributed by atoms with Crippen LogP contribution in [0.5, 0.6) is 0 Å². The van der Waals surface area contributed by atoms with E-state index in [-0.39, 0.29) is 17.4 Å². The summed E-state index contributed by atoms with van der Waals surface area (Å²) in [7, 11) is 2.20. The Labute approximate surface area is 176 Å². The summed E-state index contributed by atoms with van der Waals surface area (Å²) in [4.78, 5) is 32.4. The van der Waals surface area contributed by atoms with Gasteiger partial charge in [0, 0.05) is 11.3 Å². The molecule has 0 atom stereocenters. The van der Waals surface area contributed by atoms with Crippen LogP contribution in [0, 0.1) is 0 Å². The molecule has 0 bridgehead atoms. The minimum atomic E-state index is -0.0916. The van der Waals surface area contributed by atoms with Gasteiger partial charge in [-0.25, -0.2) is 4.99 Å². The number of carbonyl (C=O) groups excluding carboxylic acids is 2. The summed E-state index contributed by atoms with van der Waals surface area (Å²) in [6.07, 6.45) is 0. The molecule has 2 aromatic rings. The van der Waals surface area contributed by atoms with Crippen LogP contribution in [0.15, 0.2) is 59.6 Å². The summed E-state index contributed by atoms with van der Waals surface area (Å²) in [6, 6.07) is 16.8. The predicted molar refractivity (Wildman–Crippen MR) is 119 cm³/mol. The van der Waals surface area contributed by atoms with Crippen LogP contribution in [-0.4, -0.2) is 60.7 Å². The Morgan fingerprint density at radius 2 is 1.72 bits per heavy atom. The van der Waals surface area contributed by atoms with Gasteiger partial charge in [0.1, 0.15) is 0 Å². The number of hydrogen-bond acceptors (Lipinski definition) is 4. The number of Topliss-reactive ketones (excluding diaryl/α,β-unsaturated/α-hetero) is 1. The lowest BCUT2D eigenvalue weighted by atomic mass is 10.1. The summed E-state index contributed by atoms with van der Waals surface area (Å²) in [5.74, 6) is 0.194. The number of amides is 1. The second-order valence-electron chi connectivity index (χ2n) is 7.14. The van der Waals surface area contributed by atoms with Crippen molar-refractivity contribution in [1.29, 1.82) is 0 Å². The maximum atomic E-state index is 12.4. The number of amidine groups is 1. The van der Waals surface area contributed by atoms with Gasteiger partial charge in [-0.2, -0.15) is 0 Å². The van der Waals surface area contributed by atoms with Crippen LogP contribution in [0.2, 0.25) is 0 Å². The smallest absolute Gasteiger partial charge is 0.234 e. The number of piperazine rings is 1. The second-order valence-corrected chi connectivity index (χ2v) is 8.09. The van der Waals surface area contributed by atoms with Gasteiger partial charge in [-0.05, 0) is 43.3 Å². The van der Waals surface area contributed by atoms with E-state index in [1.54, 1.807) is 24.3 Å². The maximum absolute atomic E-state index is 12.4. The first-order valence-electron chi connectivity index (χ1n) is 9.75. The van der Waals surface area contributed by atoms with Crippen molar-refractivity contribution in [2.24, 2.45) is 4.99 Å². The third-order valence-electron chi connectivity index (χ3n) is 4.78. The average molecular weight is 412 g/mol. The Hall–Kier alpha value is -2.64. The van der Waals surface area contributed by atoms with Gasteiger partial charge < -0.3 is 15.1 Å². The topological polar surface area (TPSA) is 66.2 Å².